The van der Waals surface area contributed by atoms with Gasteiger partial charge >= 0.3 is 5.97 Å². The number of aryl methyl sites for hydroxylation is 1. The molecule has 1 fully saturated rings. The SMILES string of the molecule is COC(=O)C1CN(C2CCc3cc(OCc4cc(F)cc(F)c4F)ccc32)C1. The van der Waals surface area contributed by atoms with Gasteiger partial charge in [0.15, 0.2) is 11.6 Å². The van der Waals surface area contributed by atoms with E-state index in [0.717, 1.165) is 24.5 Å². The van der Waals surface area contributed by atoms with E-state index in [9.17, 15) is 18.0 Å². The Morgan fingerprint density at radius 2 is 1.96 bits per heavy atom. The number of halogens is 3. The van der Waals surface area contributed by atoms with Crippen LogP contribution in [0.25, 0.3) is 0 Å². The van der Waals surface area contributed by atoms with Crippen molar-refractivity contribution in [2.45, 2.75) is 25.5 Å². The lowest BCUT2D eigenvalue weighted by molar-refractivity contribution is -0.152. The van der Waals surface area contributed by atoms with Crippen LogP contribution in [-0.2, 0) is 22.6 Å². The second-order valence-electron chi connectivity index (χ2n) is 7.24. The van der Waals surface area contributed by atoms with Crippen LogP contribution < -0.4 is 4.74 Å². The second-order valence-corrected chi connectivity index (χ2v) is 7.24. The van der Waals surface area contributed by atoms with Crippen molar-refractivity contribution in [2.24, 2.45) is 5.92 Å². The molecular weight excluding hydrogens is 371 g/mol. The zero-order valence-corrected chi connectivity index (χ0v) is 15.4. The van der Waals surface area contributed by atoms with E-state index in [1.807, 2.05) is 12.1 Å². The van der Waals surface area contributed by atoms with E-state index in [0.29, 0.717) is 24.9 Å². The van der Waals surface area contributed by atoms with Crippen molar-refractivity contribution in [3.05, 3.63) is 64.5 Å². The molecule has 4 rings (SSSR count). The number of esters is 1. The fourth-order valence-corrected chi connectivity index (χ4v) is 4.00. The number of carbonyl (C=O) groups is 1. The van der Waals surface area contributed by atoms with E-state index in [2.05, 4.69) is 4.90 Å². The molecule has 4 nitrogen and oxygen atoms in total. The molecule has 1 aliphatic heterocycles. The standard InChI is InChI=1S/C21H20F3NO3/c1-27-21(26)14-9-25(10-14)19-5-2-12-7-16(3-4-17(12)19)28-11-13-6-15(22)8-18(23)20(13)24/h3-4,6-8,14,19H,2,5,9-11H2,1H3. The highest BCUT2D eigenvalue weighted by Crippen LogP contribution is 2.40. The summed E-state index contributed by atoms with van der Waals surface area (Å²) in [4.78, 5) is 13.8. The van der Waals surface area contributed by atoms with Gasteiger partial charge in [-0.1, -0.05) is 6.07 Å². The Kier molecular flexibility index (Phi) is 5.02. The van der Waals surface area contributed by atoms with Crippen LogP contribution >= 0.6 is 0 Å². The largest absolute Gasteiger partial charge is 0.489 e. The number of hydrogen-bond donors (Lipinski definition) is 0. The first kappa shape index (κ1) is 18.8. The summed E-state index contributed by atoms with van der Waals surface area (Å²) in [5, 5.41) is 0. The fourth-order valence-electron chi connectivity index (χ4n) is 4.00. The van der Waals surface area contributed by atoms with Crippen molar-refractivity contribution in [1.82, 2.24) is 4.90 Å². The molecule has 1 heterocycles. The maximum Gasteiger partial charge on any atom is 0.311 e. The third-order valence-corrected chi connectivity index (χ3v) is 5.51. The first-order chi connectivity index (χ1) is 13.5. The summed E-state index contributed by atoms with van der Waals surface area (Å²) in [6.07, 6.45) is 1.83. The van der Waals surface area contributed by atoms with Gasteiger partial charge < -0.3 is 9.47 Å². The number of ether oxygens (including phenoxy) is 2. The minimum absolute atomic E-state index is 0.0572. The minimum atomic E-state index is -1.23. The zero-order chi connectivity index (χ0) is 19.8. The number of fused-ring (bicyclic) bond motifs is 1. The highest BCUT2D eigenvalue weighted by Gasteiger charge is 2.40. The molecule has 2 aliphatic rings. The molecule has 0 spiro atoms. The Morgan fingerprint density at radius 3 is 2.71 bits per heavy atom. The van der Waals surface area contributed by atoms with E-state index in [1.165, 1.54) is 12.7 Å². The van der Waals surface area contributed by atoms with E-state index in [1.54, 1.807) is 6.07 Å². The normalized spacial score (nSPS) is 19.2. The van der Waals surface area contributed by atoms with Crippen LogP contribution in [0.15, 0.2) is 30.3 Å². The van der Waals surface area contributed by atoms with Crippen LogP contribution in [0.1, 0.15) is 29.2 Å². The molecule has 0 saturated carbocycles. The predicted octanol–water partition coefficient (Wildman–Crippen LogP) is 3.78. The van der Waals surface area contributed by atoms with Crippen molar-refractivity contribution in [1.29, 1.82) is 0 Å². The minimum Gasteiger partial charge on any atom is -0.489 e. The van der Waals surface area contributed by atoms with Crippen molar-refractivity contribution in [2.75, 3.05) is 20.2 Å². The van der Waals surface area contributed by atoms with Gasteiger partial charge in [0.05, 0.1) is 13.0 Å². The van der Waals surface area contributed by atoms with Crippen LogP contribution in [-0.4, -0.2) is 31.1 Å². The third kappa shape index (κ3) is 3.46. The molecule has 0 bridgehead atoms. The van der Waals surface area contributed by atoms with Crippen LogP contribution in [0, 0.1) is 23.4 Å². The fraction of sp³-hybridized carbons (Fsp3) is 0.381. The topological polar surface area (TPSA) is 38.8 Å². The first-order valence-electron chi connectivity index (χ1n) is 9.17. The molecule has 2 aromatic rings. The summed E-state index contributed by atoms with van der Waals surface area (Å²) >= 11 is 0. The van der Waals surface area contributed by atoms with Crippen LogP contribution in [0.4, 0.5) is 13.2 Å². The van der Waals surface area contributed by atoms with E-state index in [4.69, 9.17) is 9.47 Å². The van der Waals surface area contributed by atoms with Crippen LogP contribution in [0.5, 0.6) is 5.75 Å². The van der Waals surface area contributed by atoms with Gasteiger partial charge in [0.25, 0.3) is 0 Å². The lowest BCUT2D eigenvalue weighted by atomic mass is 9.95. The summed E-state index contributed by atoms with van der Waals surface area (Å²) in [5.41, 5.74) is 2.17. The number of nitrogens with zero attached hydrogens (tertiary/aromatic N) is 1. The van der Waals surface area contributed by atoms with Gasteiger partial charge in [-0.15, -0.1) is 0 Å². The van der Waals surface area contributed by atoms with Gasteiger partial charge in [0.1, 0.15) is 18.2 Å². The number of likely N-dealkylation sites (tertiary alicyclic amines) is 1. The Bertz CT molecular complexity index is 912. The Morgan fingerprint density at radius 1 is 1.18 bits per heavy atom. The van der Waals surface area contributed by atoms with Crippen molar-refractivity contribution in [3.63, 3.8) is 0 Å². The predicted molar refractivity (Wildman–Crippen MR) is 95.2 cm³/mol. The third-order valence-electron chi connectivity index (χ3n) is 5.51. The summed E-state index contributed by atoms with van der Waals surface area (Å²) in [6, 6.07) is 7.34. The zero-order valence-electron chi connectivity index (χ0n) is 15.4. The number of rotatable bonds is 5. The molecule has 1 unspecified atom stereocenters. The molecular formula is C21H20F3NO3. The van der Waals surface area contributed by atoms with Gasteiger partial charge in [0.2, 0.25) is 0 Å². The highest BCUT2D eigenvalue weighted by molar-refractivity contribution is 5.73. The summed E-state index contributed by atoms with van der Waals surface area (Å²) in [5.74, 6) is -2.86. The lowest BCUT2D eigenvalue weighted by Crippen LogP contribution is -2.51. The quantitative estimate of drug-likeness (QED) is 0.575. The van der Waals surface area contributed by atoms with Gasteiger partial charge in [-0.05, 0) is 42.2 Å². The van der Waals surface area contributed by atoms with Gasteiger partial charge in [0, 0.05) is 30.8 Å². The molecule has 0 amide bonds. The average molecular weight is 391 g/mol. The first-order valence-corrected chi connectivity index (χ1v) is 9.17. The Hall–Kier alpha value is -2.54. The molecule has 1 atom stereocenters. The summed E-state index contributed by atoms with van der Waals surface area (Å²) < 4.78 is 50.7. The molecule has 28 heavy (non-hydrogen) atoms. The van der Waals surface area contributed by atoms with Gasteiger partial charge in [-0.2, -0.15) is 0 Å². The second kappa shape index (κ2) is 7.47. The number of hydrogen-bond acceptors (Lipinski definition) is 4. The van der Waals surface area contributed by atoms with E-state index >= 15 is 0 Å². The Balaban J connectivity index is 1.41. The van der Waals surface area contributed by atoms with E-state index < -0.39 is 17.5 Å². The maximum atomic E-state index is 13.7. The maximum absolute atomic E-state index is 13.7. The van der Waals surface area contributed by atoms with Crippen LogP contribution in [0.2, 0.25) is 0 Å². The molecule has 7 heteroatoms. The molecule has 0 radical (unpaired) electrons. The molecule has 148 valence electrons. The highest BCUT2D eigenvalue weighted by atomic mass is 19.2. The molecule has 2 aromatic carbocycles. The smallest absolute Gasteiger partial charge is 0.311 e. The van der Waals surface area contributed by atoms with Crippen molar-refractivity contribution in [3.8, 4) is 5.75 Å². The number of benzene rings is 2. The number of carbonyl (C=O) groups excluding carboxylic acids is 1. The van der Waals surface area contributed by atoms with Crippen molar-refractivity contribution >= 4 is 5.97 Å². The van der Waals surface area contributed by atoms with Gasteiger partial charge in [-0.3, -0.25) is 9.69 Å². The summed E-state index contributed by atoms with van der Waals surface area (Å²) in [6.45, 7) is 1.13. The number of methoxy groups -OCH3 is 1. The Labute approximate surface area is 160 Å². The molecule has 1 aliphatic carbocycles. The molecule has 1 saturated heterocycles. The van der Waals surface area contributed by atoms with Gasteiger partial charge in [-0.25, -0.2) is 13.2 Å². The van der Waals surface area contributed by atoms with E-state index in [-0.39, 0.29) is 30.1 Å². The lowest BCUT2D eigenvalue weighted by Gasteiger charge is -2.41. The van der Waals surface area contributed by atoms with Crippen molar-refractivity contribution < 1.29 is 27.4 Å². The average Bonchev–Trinajstić information content (AvgIpc) is 3.05. The summed E-state index contributed by atoms with van der Waals surface area (Å²) in [7, 11) is 1.40. The monoisotopic (exact) mass is 391 g/mol. The molecule has 0 aromatic heterocycles. The molecule has 0 N–H and O–H groups in total. The van der Waals surface area contributed by atoms with Crippen LogP contribution in [0.3, 0.4) is 0 Å².